The highest BCUT2D eigenvalue weighted by molar-refractivity contribution is 5.99. The van der Waals surface area contributed by atoms with Crippen LogP contribution >= 0.6 is 0 Å². The number of carbonyl (C=O) groups is 1. The van der Waals surface area contributed by atoms with E-state index in [0.717, 1.165) is 0 Å². The third-order valence-corrected chi connectivity index (χ3v) is 4.02. The maximum atomic E-state index is 13.5. The number of ether oxygens (including phenoxy) is 1. The van der Waals surface area contributed by atoms with Gasteiger partial charge in [-0.05, 0) is 47.6 Å². The molecule has 33 heavy (non-hydrogen) atoms. The van der Waals surface area contributed by atoms with Crippen molar-refractivity contribution >= 4 is 23.2 Å². The average Bonchev–Trinajstić information content (AvgIpc) is 2.85. The Balaban J connectivity index is 0.000000323. The van der Waals surface area contributed by atoms with Crippen molar-refractivity contribution in [2.24, 2.45) is 5.18 Å². The van der Waals surface area contributed by atoms with Crippen LogP contribution in [0.2, 0.25) is 0 Å². The monoisotopic (exact) mass is 447 g/mol. The van der Waals surface area contributed by atoms with Gasteiger partial charge in [-0.1, -0.05) is 0 Å². The van der Waals surface area contributed by atoms with Crippen LogP contribution in [-0.2, 0) is 0 Å². The van der Waals surface area contributed by atoms with Gasteiger partial charge in [0.1, 0.15) is 29.4 Å². The van der Waals surface area contributed by atoms with E-state index in [0.29, 0.717) is 28.4 Å². The molecule has 0 radical (unpaired) electrons. The van der Waals surface area contributed by atoms with Crippen LogP contribution in [0.25, 0.3) is 11.3 Å². The molecule has 4 aromatic rings. The molecule has 0 aliphatic heterocycles. The smallest absolute Gasteiger partial charge is 0.324 e. The van der Waals surface area contributed by atoms with Crippen molar-refractivity contribution in [3.8, 4) is 17.0 Å². The van der Waals surface area contributed by atoms with Crippen molar-refractivity contribution in [3.63, 3.8) is 0 Å². The highest BCUT2D eigenvalue weighted by Gasteiger charge is 2.11. The highest BCUT2D eigenvalue weighted by Crippen LogP contribution is 2.29. The molecule has 0 aliphatic rings. The van der Waals surface area contributed by atoms with Crippen LogP contribution in [0.3, 0.4) is 0 Å². The van der Waals surface area contributed by atoms with E-state index >= 15 is 0 Å². The lowest BCUT2D eigenvalue weighted by Gasteiger charge is -2.10. The topological polar surface area (TPSA) is 131 Å². The molecule has 0 saturated heterocycles. The Morgan fingerprint density at radius 2 is 1.79 bits per heavy atom. The number of nitrogens with zero attached hydrogens (tertiary/aromatic N) is 5. The summed E-state index contributed by atoms with van der Waals surface area (Å²) in [6, 6.07) is 11.8. The van der Waals surface area contributed by atoms with Crippen molar-refractivity contribution in [1.29, 1.82) is 0 Å². The fraction of sp³-hybridized carbons (Fsp3) is 0.0455. The first-order valence-electron chi connectivity index (χ1n) is 9.46. The van der Waals surface area contributed by atoms with Gasteiger partial charge < -0.3 is 10.1 Å². The molecule has 0 unspecified atom stereocenters. The molecule has 0 atom stereocenters. The first-order valence-corrected chi connectivity index (χ1v) is 9.46. The maximum Gasteiger partial charge on any atom is 0.324 e. The fourth-order valence-electron chi connectivity index (χ4n) is 2.58. The number of halogens is 1. The van der Waals surface area contributed by atoms with Gasteiger partial charge in [0.2, 0.25) is 0 Å². The van der Waals surface area contributed by atoms with Crippen molar-refractivity contribution in [3.05, 3.63) is 90.4 Å². The van der Waals surface area contributed by atoms with Gasteiger partial charge in [-0.25, -0.2) is 19.2 Å². The predicted molar refractivity (Wildman–Crippen MR) is 121 cm³/mol. The van der Waals surface area contributed by atoms with Gasteiger partial charge in [0.05, 0.1) is 30.9 Å². The highest BCUT2D eigenvalue weighted by atomic mass is 19.1. The Morgan fingerprint density at radius 1 is 1.00 bits per heavy atom. The molecule has 3 aromatic heterocycles. The Hall–Kier alpha value is -4.80. The van der Waals surface area contributed by atoms with Gasteiger partial charge in [-0.15, -0.1) is 4.91 Å². The van der Waals surface area contributed by atoms with Crippen molar-refractivity contribution in [2.45, 2.75) is 0 Å². The van der Waals surface area contributed by atoms with E-state index in [1.807, 2.05) is 0 Å². The zero-order valence-electron chi connectivity index (χ0n) is 17.3. The van der Waals surface area contributed by atoms with Gasteiger partial charge in [0.25, 0.3) is 0 Å². The number of hydrogen-bond donors (Lipinski definition) is 2. The molecule has 11 heteroatoms. The van der Waals surface area contributed by atoms with Crippen molar-refractivity contribution < 1.29 is 13.9 Å². The van der Waals surface area contributed by atoms with E-state index < -0.39 is 11.8 Å². The number of nitroso groups, excluding NO2 is 1. The summed E-state index contributed by atoms with van der Waals surface area (Å²) in [5, 5.41) is 7.87. The lowest BCUT2D eigenvalue weighted by Crippen LogP contribution is -2.20. The minimum Gasteiger partial charge on any atom is -0.496 e. The summed E-state index contributed by atoms with van der Waals surface area (Å²) < 4.78 is 18.8. The molecular formula is C22H18FN7O3. The van der Waals surface area contributed by atoms with E-state index in [1.165, 1.54) is 50.1 Å². The minimum atomic E-state index is -0.483. The van der Waals surface area contributed by atoms with E-state index in [-0.39, 0.29) is 5.82 Å². The van der Waals surface area contributed by atoms with Gasteiger partial charge in [0.15, 0.2) is 0 Å². The van der Waals surface area contributed by atoms with Crippen LogP contribution in [-0.4, -0.2) is 33.1 Å². The predicted octanol–water partition coefficient (Wildman–Crippen LogP) is 4.81. The number of nitrogens with one attached hydrogen (secondary N) is 2. The van der Waals surface area contributed by atoms with Crippen LogP contribution in [0.4, 0.5) is 26.4 Å². The van der Waals surface area contributed by atoms with Crippen LogP contribution < -0.4 is 15.4 Å². The van der Waals surface area contributed by atoms with Gasteiger partial charge in [0, 0.05) is 24.0 Å². The van der Waals surface area contributed by atoms with Crippen LogP contribution in [0, 0.1) is 10.7 Å². The number of benzene rings is 1. The SMILES string of the molecule is COc1ccc(F)cc1-c1cc(NC(=O)Nc2cccnc2)ncn1.O=Nc1cccnc1. The number of hydrogen-bond acceptors (Lipinski definition) is 8. The zero-order chi connectivity index (χ0) is 23.5. The van der Waals surface area contributed by atoms with Crippen LogP contribution in [0.15, 0.2) is 84.8 Å². The second kappa shape index (κ2) is 11.6. The van der Waals surface area contributed by atoms with E-state index in [9.17, 15) is 14.1 Å². The summed E-state index contributed by atoms with van der Waals surface area (Å²) in [5.41, 5.74) is 1.79. The van der Waals surface area contributed by atoms with Crippen molar-refractivity contribution in [2.75, 3.05) is 17.7 Å². The third kappa shape index (κ3) is 6.85. The molecule has 0 aliphatic carbocycles. The second-order valence-electron chi connectivity index (χ2n) is 6.26. The molecule has 0 bridgehead atoms. The Labute approximate surface area is 187 Å². The largest absolute Gasteiger partial charge is 0.496 e. The summed E-state index contributed by atoms with van der Waals surface area (Å²) >= 11 is 0. The molecule has 166 valence electrons. The molecule has 1 aromatic carbocycles. The van der Waals surface area contributed by atoms with Crippen molar-refractivity contribution in [1.82, 2.24) is 19.9 Å². The number of aromatic nitrogens is 4. The number of anilines is 2. The molecular weight excluding hydrogens is 429 g/mol. The maximum absolute atomic E-state index is 13.5. The summed E-state index contributed by atoms with van der Waals surface area (Å²) in [6.07, 6.45) is 7.40. The molecule has 2 N–H and O–H groups in total. The molecule has 0 fully saturated rings. The van der Waals surface area contributed by atoms with Crippen LogP contribution in [0.5, 0.6) is 5.75 Å². The normalized spacial score (nSPS) is 9.76. The Morgan fingerprint density at radius 3 is 2.42 bits per heavy atom. The first-order chi connectivity index (χ1) is 16.1. The number of rotatable bonds is 5. The van der Waals surface area contributed by atoms with E-state index in [1.54, 1.807) is 36.7 Å². The molecule has 2 amide bonds. The molecule has 10 nitrogen and oxygen atoms in total. The molecule has 0 saturated carbocycles. The Kier molecular flexibility index (Phi) is 8.01. The number of carbonyl (C=O) groups excluding carboxylic acids is 1. The van der Waals surface area contributed by atoms with E-state index in [4.69, 9.17) is 4.74 Å². The molecule has 4 rings (SSSR count). The second-order valence-corrected chi connectivity index (χ2v) is 6.26. The van der Waals surface area contributed by atoms with E-state index in [2.05, 4.69) is 35.7 Å². The average molecular weight is 447 g/mol. The summed E-state index contributed by atoms with van der Waals surface area (Å²) in [6.45, 7) is 0. The lowest BCUT2D eigenvalue weighted by atomic mass is 10.1. The quantitative estimate of drug-likeness (QED) is 0.420. The lowest BCUT2D eigenvalue weighted by molar-refractivity contribution is 0.262. The zero-order valence-corrected chi connectivity index (χ0v) is 17.3. The van der Waals surface area contributed by atoms with Gasteiger partial charge >= 0.3 is 6.03 Å². The number of methoxy groups -OCH3 is 1. The van der Waals surface area contributed by atoms with Crippen LogP contribution in [0.1, 0.15) is 0 Å². The fourth-order valence-corrected chi connectivity index (χ4v) is 2.58. The molecule has 0 spiro atoms. The number of pyridine rings is 2. The van der Waals surface area contributed by atoms with Gasteiger partial charge in [-0.2, -0.15) is 0 Å². The first kappa shape index (κ1) is 22.9. The van der Waals surface area contributed by atoms with Gasteiger partial charge in [-0.3, -0.25) is 15.3 Å². The standard InChI is InChI=1S/C17H14FN5O2.C5H4N2O/c1-25-15-5-4-11(18)7-13(15)14-8-16(21-10-20-14)23-17(24)22-12-3-2-6-19-9-12;8-7-5-2-1-3-6-4-5/h2-10H,1H3,(H2,20,21,22,23,24);1-4H. The Bertz CT molecular complexity index is 1210. The summed E-state index contributed by atoms with van der Waals surface area (Å²) in [5.74, 6) is 0.307. The number of urea groups is 1. The molecule has 3 heterocycles. The third-order valence-electron chi connectivity index (χ3n) is 4.02. The summed E-state index contributed by atoms with van der Waals surface area (Å²) in [4.78, 5) is 37.4. The minimum absolute atomic E-state index is 0.262. The number of amides is 2. The summed E-state index contributed by atoms with van der Waals surface area (Å²) in [7, 11) is 1.48.